The summed E-state index contributed by atoms with van der Waals surface area (Å²) in [6.07, 6.45) is 1.63. The molecule has 0 aliphatic heterocycles. The minimum absolute atomic E-state index is 0.0231. The van der Waals surface area contributed by atoms with Gasteiger partial charge < -0.3 is 4.98 Å². The zero-order valence-corrected chi connectivity index (χ0v) is 10.0. The van der Waals surface area contributed by atoms with Gasteiger partial charge in [-0.25, -0.2) is 4.98 Å². The van der Waals surface area contributed by atoms with Crippen LogP contribution in [-0.2, 0) is 0 Å². The van der Waals surface area contributed by atoms with Crippen LogP contribution in [0.15, 0.2) is 18.3 Å². The van der Waals surface area contributed by atoms with E-state index in [1.165, 1.54) is 5.56 Å². The topological polar surface area (TPSA) is 50.2 Å². The number of imidazole rings is 1. The molecule has 0 unspecified atom stereocenters. The van der Waals surface area contributed by atoms with Crippen LogP contribution in [0.25, 0.3) is 16.7 Å². The van der Waals surface area contributed by atoms with Gasteiger partial charge in [-0.3, -0.25) is 9.20 Å². The van der Waals surface area contributed by atoms with Crippen LogP contribution in [0.2, 0.25) is 0 Å². The van der Waals surface area contributed by atoms with Gasteiger partial charge in [-0.05, 0) is 31.5 Å². The molecule has 0 aromatic carbocycles. The van der Waals surface area contributed by atoms with Crippen molar-refractivity contribution in [1.82, 2.24) is 14.4 Å². The first-order valence-corrected chi connectivity index (χ1v) is 5.56. The Morgan fingerprint density at radius 1 is 1.35 bits per heavy atom. The highest BCUT2D eigenvalue weighted by Gasteiger charge is 2.13. The lowest BCUT2D eigenvalue weighted by molar-refractivity contribution is 0.101. The number of ketones is 1. The molecule has 3 rings (SSSR count). The van der Waals surface area contributed by atoms with Crippen LogP contribution < -0.4 is 0 Å². The first-order chi connectivity index (χ1) is 8.09. The molecule has 0 aliphatic rings. The molecule has 0 radical (unpaired) electrons. The Bertz CT molecular complexity index is 749. The third-order valence-electron chi connectivity index (χ3n) is 3.30. The van der Waals surface area contributed by atoms with Gasteiger partial charge in [0.05, 0.1) is 6.20 Å². The maximum absolute atomic E-state index is 11.6. The molecule has 0 atom stereocenters. The number of pyridine rings is 1. The zero-order valence-electron chi connectivity index (χ0n) is 10.0. The van der Waals surface area contributed by atoms with Crippen molar-refractivity contribution < 1.29 is 4.79 Å². The molecule has 3 aromatic rings. The number of hydrogen-bond donors (Lipinski definition) is 1. The molecule has 0 spiro atoms. The van der Waals surface area contributed by atoms with Gasteiger partial charge >= 0.3 is 0 Å². The summed E-state index contributed by atoms with van der Waals surface area (Å²) in [5, 5.41) is 1.13. The van der Waals surface area contributed by atoms with Crippen LogP contribution in [0.1, 0.15) is 28.7 Å². The number of aromatic amines is 1. The van der Waals surface area contributed by atoms with Crippen molar-refractivity contribution in [3.05, 3.63) is 35.3 Å². The quantitative estimate of drug-likeness (QED) is 0.650. The summed E-state index contributed by atoms with van der Waals surface area (Å²) in [7, 11) is 0. The lowest BCUT2D eigenvalue weighted by atomic mass is 10.2. The second kappa shape index (κ2) is 3.20. The van der Waals surface area contributed by atoms with E-state index in [1.54, 1.807) is 13.1 Å². The molecule has 1 N–H and O–H groups in total. The molecule has 86 valence electrons. The van der Waals surface area contributed by atoms with E-state index < -0.39 is 0 Å². The van der Waals surface area contributed by atoms with E-state index in [9.17, 15) is 4.79 Å². The van der Waals surface area contributed by atoms with E-state index in [0.29, 0.717) is 5.69 Å². The smallest absolute Gasteiger partial charge is 0.178 e. The molecule has 17 heavy (non-hydrogen) atoms. The molecule has 0 amide bonds. The Morgan fingerprint density at radius 2 is 2.12 bits per heavy atom. The van der Waals surface area contributed by atoms with Gasteiger partial charge in [-0.2, -0.15) is 0 Å². The summed E-state index contributed by atoms with van der Waals surface area (Å²) < 4.78 is 1.89. The number of H-pyrrole nitrogens is 1. The summed E-state index contributed by atoms with van der Waals surface area (Å²) in [5.41, 5.74) is 4.69. The third kappa shape index (κ3) is 1.24. The number of fused-ring (bicyclic) bond motifs is 3. The van der Waals surface area contributed by atoms with Crippen molar-refractivity contribution in [3.63, 3.8) is 0 Å². The van der Waals surface area contributed by atoms with Crippen molar-refractivity contribution in [2.24, 2.45) is 0 Å². The molecule has 0 saturated carbocycles. The molecular formula is C13H13N3O. The number of nitrogens with one attached hydrogen (secondary N) is 1. The Labute approximate surface area is 98.3 Å². The van der Waals surface area contributed by atoms with E-state index in [4.69, 9.17) is 0 Å². The van der Waals surface area contributed by atoms with Gasteiger partial charge in [0.1, 0.15) is 17.0 Å². The average molecular weight is 227 g/mol. The van der Waals surface area contributed by atoms with Gasteiger partial charge in [0.25, 0.3) is 0 Å². The van der Waals surface area contributed by atoms with Crippen LogP contribution in [0, 0.1) is 13.8 Å². The standard InChI is InChI=1S/C13H13N3O/c1-7-8(2)15-13-10(7)4-5-12-14-6-11(9(3)17)16(12)13/h4-6,15H,1-3H3. The van der Waals surface area contributed by atoms with Gasteiger partial charge in [-0.1, -0.05) is 0 Å². The summed E-state index contributed by atoms with van der Waals surface area (Å²) in [6, 6.07) is 3.98. The highest BCUT2D eigenvalue weighted by Crippen LogP contribution is 2.23. The number of carbonyl (C=O) groups excluding carboxylic acids is 1. The minimum Gasteiger partial charge on any atom is -0.344 e. The van der Waals surface area contributed by atoms with E-state index in [-0.39, 0.29) is 5.78 Å². The number of hydrogen-bond acceptors (Lipinski definition) is 2. The fourth-order valence-corrected chi connectivity index (χ4v) is 2.22. The van der Waals surface area contributed by atoms with Crippen molar-refractivity contribution in [2.75, 3.05) is 0 Å². The molecule has 0 fully saturated rings. The molecule has 0 aliphatic carbocycles. The third-order valence-corrected chi connectivity index (χ3v) is 3.30. The molecular weight excluding hydrogens is 214 g/mol. The van der Waals surface area contributed by atoms with Crippen LogP contribution in [-0.4, -0.2) is 20.2 Å². The molecule has 3 heterocycles. The SMILES string of the molecule is CC(=O)c1cnc2ccc3c(C)c(C)[nH]c3n12. The van der Waals surface area contributed by atoms with E-state index in [2.05, 4.69) is 16.9 Å². The van der Waals surface area contributed by atoms with Gasteiger partial charge in [0.15, 0.2) is 5.78 Å². The Morgan fingerprint density at radius 3 is 2.82 bits per heavy atom. The van der Waals surface area contributed by atoms with E-state index >= 15 is 0 Å². The number of carbonyl (C=O) groups is 1. The zero-order chi connectivity index (χ0) is 12.2. The predicted octanol–water partition coefficient (Wildman–Crippen LogP) is 2.64. The van der Waals surface area contributed by atoms with E-state index in [0.717, 1.165) is 22.4 Å². The molecule has 3 aromatic heterocycles. The second-order valence-electron chi connectivity index (χ2n) is 4.36. The predicted molar refractivity (Wildman–Crippen MR) is 66.5 cm³/mol. The molecule has 4 heteroatoms. The van der Waals surface area contributed by atoms with Crippen molar-refractivity contribution in [1.29, 1.82) is 0 Å². The highest BCUT2D eigenvalue weighted by atomic mass is 16.1. The maximum Gasteiger partial charge on any atom is 0.178 e. The number of aromatic nitrogens is 3. The largest absolute Gasteiger partial charge is 0.344 e. The fourth-order valence-electron chi connectivity index (χ4n) is 2.22. The number of aryl methyl sites for hydroxylation is 2. The molecule has 0 saturated heterocycles. The summed E-state index contributed by atoms with van der Waals surface area (Å²) >= 11 is 0. The first-order valence-electron chi connectivity index (χ1n) is 5.56. The Balaban J connectivity index is 2.57. The maximum atomic E-state index is 11.6. The highest BCUT2D eigenvalue weighted by molar-refractivity contribution is 5.95. The van der Waals surface area contributed by atoms with Gasteiger partial charge in [0.2, 0.25) is 0 Å². The van der Waals surface area contributed by atoms with E-state index in [1.807, 2.05) is 23.5 Å². The van der Waals surface area contributed by atoms with Crippen LogP contribution in [0.4, 0.5) is 0 Å². The van der Waals surface area contributed by atoms with Gasteiger partial charge in [-0.15, -0.1) is 0 Å². The first kappa shape index (κ1) is 10.1. The number of Topliss-reactive ketones (excluding diaryl/α,β-unsaturated/α-hetero) is 1. The number of rotatable bonds is 1. The Hall–Kier alpha value is -2.10. The van der Waals surface area contributed by atoms with Crippen molar-refractivity contribution >= 4 is 22.5 Å². The lowest BCUT2D eigenvalue weighted by Crippen LogP contribution is -1.99. The lowest BCUT2D eigenvalue weighted by Gasteiger charge is -2.00. The van der Waals surface area contributed by atoms with Crippen molar-refractivity contribution in [3.8, 4) is 0 Å². The number of nitrogens with zero attached hydrogens (tertiary/aromatic N) is 2. The van der Waals surface area contributed by atoms with Crippen LogP contribution in [0.5, 0.6) is 0 Å². The van der Waals surface area contributed by atoms with Crippen LogP contribution in [0.3, 0.4) is 0 Å². The fraction of sp³-hybridized carbons (Fsp3) is 0.231. The summed E-state index contributed by atoms with van der Waals surface area (Å²) in [5.74, 6) is 0.0231. The minimum atomic E-state index is 0.0231. The molecule has 0 bridgehead atoms. The normalized spacial score (nSPS) is 11.5. The average Bonchev–Trinajstić information content (AvgIpc) is 2.82. The van der Waals surface area contributed by atoms with Crippen LogP contribution >= 0.6 is 0 Å². The van der Waals surface area contributed by atoms with Gasteiger partial charge in [0, 0.05) is 18.0 Å². The monoisotopic (exact) mass is 227 g/mol. The summed E-state index contributed by atoms with van der Waals surface area (Å²) in [4.78, 5) is 19.2. The summed E-state index contributed by atoms with van der Waals surface area (Å²) in [6.45, 7) is 5.67. The second-order valence-corrected chi connectivity index (χ2v) is 4.36. The Kier molecular flexibility index (Phi) is 1.90. The molecule has 4 nitrogen and oxygen atoms in total. The van der Waals surface area contributed by atoms with Crippen molar-refractivity contribution in [2.45, 2.75) is 20.8 Å².